The van der Waals surface area contributed by atoms with Crippen molar-refractivity contribution >= 4 is 0 Å². The molecule has 0 amide bonds. The van der Waals surface area contributed by atoms with E-state index in [9.17, 15) is 0 Å². The molecule has 0 saturated carbocycles. The second kappa shape index (κ2) is 19.5. The zero-order valence-electron chi connectivity index (χ0n) is 17.4. The second-order valence-corrected chi connectivity index (χ2v) is 6.14. The molecule has 0 aromatic carbocycles. The number of methoxy groups -OCH3 is 3. The molecule has 0 spiro atoms. The van der Waals surface area contributed by atoms with Crippen LogP contribution in [-0.4, -0.2) is 92.5 Å². The van der Waals surface area contributed by atoms with Crippen LogP contribution >= 0.6 is 0 Å². The highest BCUT2D eigenvalue weighted by Crippen LogP contribution is 2.16. The maximum absolute atomic E-state index is 5.99. The Morgan fingerprint density at radius 1 is 0.577 bits per heavy atom. The van der Waals surface area contributed by atoms with Crippen LogP contribution in [0.1, 0.15) is 33.1 Å². The van der Waals surface area contributed by atoms with E-state index in [4.69, 9.17) is 33.2 Å². The van der Waals surface area contributed by atoms with Crippen LogP contribution in [0.25, 0.3) is 0 Å². The van der Waals surface area contributed by atoms with Gasteiger partial charge in [-0.15, -0.1) is 0 Å². The predicted molar refractivity (Wildman–Crippen MR) is 101 cm³/mol. The monoisotopic (exact) mass is 380 g/mol. The standard InChI is InChI=1S/C19H40O7/c1-6-18(25-14-11-23-10-7-20-3)16-19(26-13-9-22-5)15-17(2)24-12-8-21-4/h17-19H,6-16H2,1-5H3. The number of hydrogen-bond donors (Lipinski definition) is 0. The normalized spacial score (nSPS) is 15.1. The summed E-state index contributed by atoms with van der Waals surface area (Å²) >= 11 is 0. The van der Waals surface area contributed by atoms with Crippen molar-refractivity contribution in [1.82, 2.24) is 0 Å². The minimum absolute atomic E-state index is 0.0713. The van der Waals surface area contributed by atoms with Crippen molar-refractivity contribution in [2.24, 2.45) is 0 Å². The molecule has 0 saturated heterocycles. The summed E-state index contributed by atoms with van der Waals surface area (Å²) in [7, 11) is 5.01. The Hall–Kier alpha value is -0.280. The van der Waals surface area contributed by atoms with E-state index in [-0.39, 0.29) is 18.3 Å². The van der Waals surface area contributed by atoms with Crippen molar-refractivity contribution in [2.75, 3.05) is 74.2 Å². The third kappa shape index (κ3) is 15.9. The van der Waals surface area contributed by atoms with Crippen molar-refractivity contribution < 1.29 is 33.2 Å². The Morgan fingerprint density at radius 2 is 1.08 bits per heavy atom. The Bertz CT molecular complexity index is 279. The van der Waals surface area contributed by atoms with Crippen molar-refractivity contribution in [3.05, 3.63) is 0 Å². The van der Waals surface area contributed by atoms with Gasteiger partial charge in [-0.05, 0) is 26.2 Å². The maximum Gasteiger partial charge on any atom is 0.0704 e. The molecule has 0 aliphatic rings. The lowest BCUT2D eigenvalue weighted by Crippen LogP contribution is -2.29. The summed E-state index contributed by atoms with van der Waals surface area (Å²) in [6, 6.07) is 0. The molecular weight excluding hydrogens is 340 g/mol. The molecule has 7 nitrogen and oxygen atoms in total. The van der Waals surface area contributed by atoms with Crippen molar-refractivity contribution in [3.8, 4) is 0 Å². The van der Waals surface area contributed by atoms with Crippen LogP contribution in [0.3, 0.4) is 0 Å². The summed E-state index contributed by atoms with van der Waals surface area (Å²) in [4.78, 5) is 0. The summed E-state index contributed by atoms with van der Waals surface area (Å²) in [6.45, 7) is 8.89. The molecular formula is C19H40O7. The molecule has 158 valence electrons. The maximum atomic E-state index is 5.99. The second-order valence-electron chi connectivity index (χ2n) is 6.14. The van der Waals surface area contributed by atoms with Crippen molar-refractivity contribution in [3.63, 3.8) is 0 Å². The van der Waals surface area contributed by atoms with Gasteiger partial charge in [0, 0.05) is 21.3 Å². The van der Waals surface area contributed by atoms with Gasteiger partial charge in [0.2, 0.25) is 0 Å². The van der Waals surface area contributed by atoms with E-state index < -0.39 is 0 Å². The minimum atomic E-state index is 0.0713. The summed E-state index contributed by atoms with van der Waals surface area (Å²) in [5.41, 5.74) is 0. The molecule has 26 heavy (non-hydrogen) atoms. The van der Waals surface area contributed by atoms with Gasteiger partial charge in [-0.25, -0.2) is 0 Å². The van der Waals surface area contributed by atoms with E-state index in [1.54, 1.807) is 21.3 Å². The fraction of sp³-hybridized carbons (Fsp3) is 1.00. The van der Waals surface area contributed by atoms with Gasteiger partial charge < -0.3 is 33.2 Å². The molecule has 0 aliphatic heterocycles. The Balaban J connectivity index is 4.22. The van der Waals surface area contributed by atoms with Gasteiger partial charge in [0.25, 0.3) is 0 Å². The van der Waals surface area contributed by atoms with Gasteiger partial charge in [-0.2, -0.15) is 0 Å². The van der Waals surface area contributed by atoms with E-state index in [2.05, 4.69) is 13.8 Å². The van der Waals surface area contributed by atoms with Gasteiger partial charge in [0.1, 0.15) is 0 Å². The predicted octanol–water partition coefficient (Wildman–Crippen LogP) is 2.31. The summed E-state index contributed by atoms with van der Waals surface area (Å²) in [6.07, 6.45) is 2.89. The first-order chi connectivity index (χ1) is 12.7. The third-order valence-electron chi connectivity index (χ3n) is 3.92. The van der Waals surface area contributed by atoms with Crippen molar-refractivity contribution in [1.29, 1.82) is 0 Å². The lowest BCUT2D eigenvalue weighted by atomic mass is 10.0. The first-order valence-corrected chi connectivity index (χ1v) is 9.57. The molecule has 7 heteroatoms. The van der Waals surface area contributed by atoms with E-state index in [0.717, 1.165) is 19.3 Å². The molecule has 0 bridgehead atoms. The molecule has 0 fully saturated rings. The van der Waals surface area contributed by atoms with Gasteiger partial charge in [-0.1, -0.05) is 6.92 Å². The zero-order chi connectivity index (χ0) is 19.5. The molecule has 3 atom stereocenters. The molecule has 0 aromatic heterocycles. The van der Waals surface area contributed by atoms with Crippen LogP contribution in [0.15, 0.2) is 0 Å². The average molecular weight is 381 g/mol. The van der Waals surface area contributed by atoms with Crippen molar-refractivity contribution in [2.45, 2.75) is 51.4 Å². The van der Waals surface area contributed by atoms with E-state index >= 15 is 0 Å². The lowest BCUT2D eigenvalue weighted by molar-refractivity contribution is -0.0666. The molecule has 0 radical (unpaired) electrons. The highest BCUT2D eigenvalue weighted by Gasteiger charge is 2.19. The van der Waals surface area contributed by atoms with Crippen LogP contribution in [0, 0.1) is 0 Å². The fourth-order valence-electron chi connectivity index (χ4n) is 2.47. The van der Waals surface area contributed by atoms with Gasteiger partial charge in [0.15, 0.2) is 0 Å². The van der Waals surface area contributed by atoms with E-state index in [1.807, 2.05) is 0 Å². The topological polar surface area (TPSA) is 64.6 Å². The number of ether oxygens (including phenoxy) is 7. The van der Waals surface area contributed by atoms with Crippen LogP contribution in [-0.2, 0) is 33.2 Å². The Morgan fingerprint density at radius 3 is 1.69 bits per heavy atom. The largest absolute Gasteiger partial charge is 0.382 e. The third-order valence-corrected chi connectivity index (χ3v) is 3.92. The smallest absolute Gasteiger partial charge is 0.0704 e. The molecule has 0 heterocycles. The lowest BCUT2D eigenvalue weighted by Gasteiger charge is -2.26. The van der Waals surface area contributed by atoms with E-state index in [0.29, 0.717) is 52.9 Å². The number of hydrogen-bond acceptors (Lipinski definition) is 7. The summed E-state index contributed by atoms with van der Waals surface area (Å²) < 4.78 is 38.2. The Kier molecular flexibility index (Phi) is 19.3. The van der Waals surface area contributed by atoms with Crippen LogP contribution in [0.5, 0.6) is 0 Å². The Labute approximate surface area is 159 Å². The minimum Gasteiger partial charge on any atom is -0.382 e. The van der Waals surface area contributed by atoms with Crippen LogP contribution in [0.2, 0.25) is 0 Å². The highest BCUT2D eigenvalue weighted by molar-refractivity contribution is 4.69. The van der Waals surface area contributed by atoms with Crippen LogP contribution in [0.4, 0.5) is 0 Å². The SMILES string of the molecule is CCC(CC(CC(C)OCCOC)OCCOC)OCCOCCOC. The average Bonchev–Trinajstić information content (AvgIpc) is 2.63. The molecule has 0 aromatic rings. The molecule has 0 N–H and O–H groups in total. The highest BCUT2D eigenvalue weighted by atomic mass is 16.6. The first kappa shape index (κ1) is 25.7. The summed E-state index contributed by atoms with van der Waals surface area (Å²) in [5, 5.41) is 0. The number of rotatable bonds is 20. The zero-order valence-corrected chi connectivity index (χ0v) is 17.4. The van der Waals surface area contributed by atoms with E-state index in [1.165, 1.54) is 0 Å². The quantitative estimate of drug-likeness (QED) is 0.300. The molecule has 0 rings (SSSR count). The van der Waals surface area contributed by atoms with Crippen LogP contribution < -0.4 is 0 Å². The van der Waals surface area contributed by atoms with Gasteiger partial charge >= 0.3 is 0 Å². The molecule has 0 aliphatic carbocycles. The molecule has 3 unspecified atom stereocenters. The van der Waals surface area contributed by atoms with Gasteiger partial charge in [0.05, 0.1) is 71.2 Å². The summed E-state index contributed by atoms with van der Waals surface area (Å²) in [5.74, 6) is 0. The first-order valence-electron chi connectivity index (χ1n) is 9.57. The fourth-order valence-corrected chi connectivity index (χ4v) is 2.47. The van der Waals surface area contributed by atoms with Gasteiger partial charge in [-0.3, -0.25) is 0 Å².